The number of aliphatic carboxylic acids is 1. The zero-order chi connectivity index (χ0) is 18.5. The SMILES string of the molecule is CC(C)C1=NCC(SC2=C(C(=O)O)N3C(=O)C(C(C)O)[C@H]3C2C)CN1. The number of nitrogens with one attached hydrogen (secondary N) is 1. The number of aliphatic imine (C=N–C) groups is 1. The summed E-state index contributed by atoms with van der Waals surface area (Å²) in [6.45, 7) is 9.05. The lowest BCUT2D eigenvalue weighted by Crippen LogP contribution is -2.63. The predicted molar refractivity (Wildman–Crippen MR) is 96.2 cm³/mol. The fourth-order valence-corrected chi connectivity index (χ4v) is 5.19. The molecule has 3 rings (SSSR count). The van der Waals surface area contributed by atoms with E-state index in [1.165, 1.54) is 16.7 Å². The number of hydrogen-bond acceptors (Lipinski definition) is 6. The van der Waals surface area contributed by atoms with Crippen molar-refractivity contribution in [3.63, 3.8) is 0 Å². The number of carbonyl (C=O) groups excluding carboxylic acids is 1. The topological polar surface area (TPSA) is 102 Å². The summed E-state index contributed by atoms with van der Waals surface area (Å²) in [5.41, 5.74) is 0.0861. The third-order valence-corrected chi connectivity index (χ3v) is 6.60. The van der Waals surface area contributed by atoms with Gasteiger partial charge in [-0.2, -0.15) is 0 Å². The van der Waals surface area contributed by atoms with E-state index in [2.05, 4.69) is 24.2 Å². The minimum Gasteiger partial charge on any atom is -0.477 e. The van der Waals surface area contributed by atoms with Crippen LogP contribution in [0.5, 0.6) is 0 Å². The number of aliphatic hydroxyl groups excluding tert-OH is 1. The van der Waals surface area contributed by atoms with Gasteiger partial charge in [0, 0.05) is 28.5 Å². The lowest BCUT2D eigenvalue weighted by Gasteiger charge is -2.46. The lowest BCUT2D eigenvalue weighted by atomic mass is 9.79. The molecule has 1 amide bonds. The molecule has 0 radical (unpaired) electrons. The second-order valence-electron chi connectivity index (χ2n) is 7.27. The molecule has 0 bridgehead atoms. The molecule has 3 N–H and O–H groups in total. The van der Waals surface area contributed by atoms with Crippen LogP contribution in [0.1, 0.15) is 27.7 Å². The summed E-state index contributed by atoms with van der Waals surface area (Å²) >= 11 is 1.50. The van der Waals surface area contributed by atoms with E-state index in [0.29, 0.717) is 12.5 Å². The van der Waals surface area contributed by atoms with Crippen LogP contribution in [0.3, 0.4) is 0 Å². The van der Waals surface area contributed by atoms with Crippen molar-refractivity contribution < 1.29 is 19.8 Å². The van der Waals surface area contributed by atoms with E-state index < -0.39 is 18.0 Å². The van der Waals surface area contributed by atoms with Crippen LogP contribution in [0.25, 0.3) is 0 Å². The number of amides is 1. The number of hydrogen-bond donors (Lipinski definition) is 3. The predicted octanol–water partition coefficient (Wildman–Crippen LogP) is 0.900. The van der Waals surface area contributed by atoms with E-state index >= 15 is 0 Å². The second-order valence-corrected chi connectivity index (χ2v) is 8.62. The first-order valence-corrected chi connectivity index (χ1v) is 9.55. The van der Waals surface area contributed by atoms with E-state index in [0.717, 1.165) is 17.3 Å². The number of thioether (sulfide) groups is 1. The zero-order valence-electron chi connectivity index (χ0n) is 14.9. The number of β-lactam (4-membered cyclic amide) rings is 1. The van der Waals surface area contributed by atoms with E-state index in [-0.39, 0.29) is 28.8 Å². The number of amidine groups is 1. The van der Waals surface area contributed by atoms with Crippen molar-refractivity contribution in [1.82, 2.24) is 10.2 Å². The van der Waals surface area contributed by atoms with Gasteiger partial charge in [-0.15, -0.1) is 11.8 Å². The van der Waals surface area contributed by atoms with Crippen LogP contribution in [0.4, 0.5) is 0 Å². The summed E-state index contributed by atoms with van der Waals surface area (Å²) in [6, 6.07) is -0.257. The highest BCUT2D eigenvalue weighted by atomic mass is 32.2. The number of carboxylic acids is 1. The molecular weight excluding hydrogens is 342 g/mol. The van der Waals surface area contributed by atoms with Gasteiger partial charge in [-0.25, -0.2) is 4.79 Å². The molecule has 0 aliphatic carbocycles. The van der Waals surface area contributed by atoms with Crippen LogP contribution >= 0.6 is 11.8 Å². The van der Waals surface area contributed by atoms with Crippen molar-refractivity contribution in [2.45, 2.75) is 45.1 Å². The maximum absolute atomic E-state index is 12.3. The number of aliphatic hydroxyl groups is 1. The molecule has 0 aromatic carbocycles. The Hall–Kier alpha value is -1.54. The monoisotopic (exact) mass is 367 g/mol. The quantitative estimate of drug-likeness (QED) is 0.624. The van der Waals surface area contributed by atoms with Crippen LogP contribution in [-0.4, -0.2) is 63.3 Å². The summed E-state index contributed by atoms with van der Waals surface area (Å²) < 4.78 is 0. The fraction of sp³-hybridized carbons (Fsp3) is 0.706. The van der Waals surface area contributed by atoms with Gasteiger partial charge in [0.25, 0.3) is 0 Å². The number of carbonyl (C=O) groups is 2. The average Bonchev–Trinajstić information content (AvgIpc) is 2.77. The fourth-order valence-electron chi connectivity index (χ4n) is 3.86. The molecule has 0 saturated carbocycles. The van der Waals surface area contributed by atoms with Gasteiger partial charge in [0.1, 0.15) is 5.70 Å². The van der Waals surface area contributed by atoms with Gasteiger partial charge in [-0.05, 0) is 6.92 Å². The van der Waals surface area contributed by atoms with Crippen molar-refractivity contribution in [1.29, 1.82) is 0 Å². The normalized spacial score (nSPS) is 33.0. The van der Waals surface area contributed by atoms with Crippen LogP contribution in [0.2, 0.25) is 0 Å². The Morgan fingerprint density at radius 3 is 2.56 bits per heavy atom. The highest BCUT2D eigenvalue weighted by molar-refractivity contribution is 8.03. The summed E-state index contributed by atoms with van der Waals surface area (Å²) in [4.78, 5) is 30.8. The Morgan fingerprint density at radius 2 is 2.08 bits per heavy atom. The zero-order valence-corrected chi connectivity index (χ0v) is 15.7. The summed E-state index contributed by atoms with van der Waals surface area (Å²) in [5, 5.41) is 23.0. The molecule has 7 nitrogen and oxygen atoms in total. The van der Waals surface area contributed by atoms with E-state index in [9.17, 15) is 19.8 Å². The van der Waals surface area contributed by atoms with Crippen LogP contribution < -0.4 is 5.32 Å². The highest BCUT2D eigenvalue weighted by Gasteiger charge is 2.60. The Balaban J connectivity index is 1.81. The minimum atomic E-state index is -1.08. The van der Waals surface area contributed by atoms with Crippen molar-refractivity contribution in [2.24, 2.45) is 22.7 Å². The van der Waals surface area contributed by atoms with Crippen LogP contribution in [-0.2, 0) is 9.59 Å². The molecule has 0 spiro atoms. The van der Waals surface area contributed by atoms with Crippen LogP contribution in [0, 0.1) is 17.8 Å². The van der Waals surface area contributed by atoms with Gasteiger partial charge in [0.2, 0.25) is 5.91 Å². The van der Waals surface area contributed by atoms with Gasteiger partial charge in [0.15, 0.2) is 0 Å². The summed E-state index contributed by atoms with van der Waals surface area (Å²) in [7, 11) is 0. The Labute approximate surface area is 151 Å². The third kappa shape index (κ3) is 2.95. The molecule has 3 aliphatic rings. The van der Waals surface area contributed by atoms with Crippen molar-refractivity contribution in [3.8, 4) is 0 Å². The first-order valence-electron chi connectivity index (χ1n) is 8.67. The second kappa shape index (κ2) is 6.64. The summed E-state index contributed by atoms with van der Waals surface area (Å²) in [6.07, 6.45) is -0.773. The van der Waals surface area contributed by atoms with Crippen molar-refractivity contribution in [3.05, 3.63) is 10.6 Å². The summed E-state index contributed by atoms with van der Waals surface area (Å²) in [5.74, 6) is -0.652. The molecule has 3 aliphatic heterocycles. The number of carboxylic acid groups (broad SMARTS) is 1. The maximum atomic E-state index is 12.3. The molecule has 1 fully saturated rings. The molecule has 138 valence electrons. The molecule has 0 aromatic rings. The number of nitrogens with zero attached hydrogens (tertiary/aromatic N) is 2. The number of fused-ring (bicyclic) bond motifs is 1. The highest BCUT2D eigenvalue weighted by Crippen LogP contribution is 2.51. The van der Waals surface area contributed by atoms with E-state index in [1.807, 2.05) is 6.92 Å². The third-order valence-electron chi connectivity index (χ3n) is 5.13. The minimum absolute atomic E-state index is 0.0861. The molecule has 1 saturated heterocycles. The molecule has 4 unspecified atom stereocenters. The Kier molecular flexibility index (Phi) is 4.85. The smallest absolute Gasteiger partial charge is 0.353 e. The van der Waals surface area contributed by atoms with Gasteiger partial charge >= 0.3 is 5.97 Å². The average molecular weight is 367 g/mol. The first kappa shape index (κ1) is 18.3. The standard InChI is InChI=1S/C17H25N3O4S/c1-7(2)15-18-5-10(6-19-15)25-14-8(3)12-11(9(4)21)16(22)20(12)13(14)17(23)24/h7-12,21H,5-6H2,1-4H3,(H,18,19)(H,23,24)/t8?,9?,11?,12-/m1/s1. The molecule has 8 heteroatoms. The van der Waals surface area contributed by atoms with Gasteiger partial charge < -0.3 is 20.4 Å². The van der Waals surface area contributed by atoms with E-state index in [4.69, 9.17) is 0 Å². The Bertz CT molecular complexity index is 658. The molecule has 25 heavy (non-hydrogen) atoms. The van der Waals surface area contributed by atoms with E-state index in [1.54, 1.807) is 6.92 Å². The van der Waals surface area contributed by atoms with Gasteiger partial charge in [0.05, 0.1) is 30.4 Å². The lowest BCUT2D eigenvalue weighted by molar-refractivity contribution is -0.163. The molecular formula is C17H25N3O4S. The Morgan fingerprint density at radius 1 is 1.40 bits per heavy atom. The van der Waals surface area contributed by atoms with Gasteiger partial charge in [-0.3, -0.25) is 9.79 Å². The largest absolute Gasteiger partial charge is 0.477 e. The number of rotatable bonds is 5. The van der Waals surface area contributed by atoms with Gasteiger partial charge in [-0.1, -0.05) is 20.8 Å². The molecule has 5 atom stereocenters. The maximum Gasteiger partial charge on any atom is 0.353 e. The molecule has 3 heterocycles. The molecule has 0 aromatic heterocycles. The van der Waals surface area contributed by atoms with Crippen LogP contribution in [0.15, 0.2) is 15.6 Å². The van der Waals surface area contributed by atoms with Crippen molar-refractivity contribution >= 4 is 29.5 Å². The van der Waals surface area contributed by atoms with Crippen molar-refractivity contribution in [2.75, 3.05) is 13.1 Å². The first-order chi connectivity index (χ1) is 11.7.